The smallest absolute Gasteiger partial charge is 0.407 e. The van der Waals surface area contributed by atoms with Gasteiger partial charge in [-0.15, -0.1) is 0 Å². The number of hydrogen-bond donors (Lipinski definition) is 4. The molecule has 4 amide bonds. The largest absolute Gasteiger partial charge is 0.462 e. The average Bonchev–Trinajstić information content (AvgIpc) is 3.66. The lowest BCUT2D eigenvalue weighted by Crippen LogP contribution is -2.43. The molecule has 5 aromatic carbocycles. The molecule has 6 rings (SSSR count). The first-order valence-electron chi connectivity index (χ1n) is 23.6. The van der Waals surface area contributed by atoms with Crippen LogP contribution in [0, 0.1) is 0 Å². The Hall–Kier alpha value is -7.15. The predicted molar refractivity (Wildman–Crippen MR) is 262 cm³/mol. The summed E-state index contributed by atoms with van der Waals surface area (Å²) in [4.78, 5) is 63.3. The lowest BCUT2D eigenvalue weighted by molar-refractivity contribution is -0.148. The van der Waals surface area contributed by atoms with Crippen LogP contribution in [0.5, 0.6) is 0 Å². The Morgan fingerprint density at radius 1 is 0.544 bits per heavy atom. The summed E-state index contributed by atoms with van der Waals surface area (Å²) < 4.78 is 21.7. The second-order valence-electron chi connectivity index (χ2n) is 17.8. The Kier molecular flexibility index (Phi) is 19.0. The average molecular weight is 925 g/mol. The molecule has 1 aliphatic carbocycles. The van der Waals surface area contributed by atoms with Crippen LogP contribution in [0.3, 0.4) is 0 Å². The van der Waals surface area contributed by atoms with Gasteiger partial charge in [-0.25, -0.2) is 19.2 Å². The molecule has 13 nitrogen and oxygen atoms in total. The molecule has 0 bridgehead atoms. The zero-order valence-electron chi connectivity index (χ0n) is 39.4. The summed E-state index contributed by atoms with van der Waals surface area (Å²) in [5.41, 5.74) is 9.14. The van der Waals surface area contributed by atoms with E-state index in [4.69, 9.17) is 18.9 Å². The lowest BCUT2D eigenvalue weighted by Gasteiger charge is -2.20. The van der Waals surface area contributed by atoms with Gasteiger partial charge in [0.15, 0.2) is 0 Å². The molecular weight excluding hydrogens is 861 g/mol. The minimum absolute atomic E-state index is 0.0258. The fraction of sp³-hybridized carbons (Fsp3) is 0.364. The van der Waals surface area contributed by atoms with Crippen LogP contribution in [-0.4, -0.2) is 74.6 Å². The molecule has 68 heavy (non-hydrogen) atoms. The molecule has 0 saturated heterocycles. The van der Waals surface area contributed by atoms with E-state index in [1.54, 1.807) is 20.8 Å². The molecule has 1 aliphatic rings. The Balaban J connectivity index is 0.908. The van der Waals surface area contributed by atoms with Crippen molar-refractivity contribution in [1.29, 1.82) is 0 Å². The monoisotopic (exact) mass is 924 g/mol. The molecule has 0 aliphatic heterocycles. The highest BCUT2D eigenvalue weighted by atomic mass is 16.6. The molecule has 0 saturated carbocycles. The first kappa shape index (κ1) is 50.3. The first-order valence-corrected chi connectivity index (χ1v) is 23.6. The SMILES string of the molecule is CC(C)(C)OC(=O)NCCCC[C@H](NC(=O)CCc1ccc(-c2ccc(CCCCNC(=O)OCc3ccccc3)cc2)cc1)C(=O)OCCNC(=O)OCC1c2ccccc2-c2ccccc21. The van der Waals surface area contributed by atoms with Gasteiger partial charge in [-0.05, 0) is 116 Å². The van der Waals surface area contributed by atoms with Crippen LogP contribution in [0.4, 0.5) is 14.4 Å². The lowest BCUT2D eigenvalue weighted by atomic mass is 9.98. The minimum Gasteiger partial charge on any atom is -0.462 e. The number of amides is 4. The van der Waals surface area contributed by atoms with Crippen molar-refractivity contribution in [3.05, 3.63) is 155 Å². The van der Waals surface area contributed by atoms with Gasteiger partial charge in [0.2, 0.25) is 5.91 Å². The summed E-state index contributed by atoms with van der Waals surface area (Å²) in [5.74, 6) is -0.993. The van der Waals surface area contributed by atoms with Gasteiger partial charge in [-0.3, -0.25) is 4.79 Å². The van der Waals surface area contributed by atoms with Crippen molar-refractivity contribution in [3.8, 4) is 22.3 Å². The van der Waals surface area contributed by atoms with Gasteiger partial charge in [0.1, 0.15) is 31.5 Å². The van der Waals surface area contributed by atoms with Crippen molar-refractivity contribution < 1.29 is 42.9 Å². The Labute approximate surface area is 399 Å². The molecule has 0 heterocycles. The summed E-state index contributed by atoms with van der Waals surface area (Å²) in [6, 6.07) is 41.4. The highest BCUT2D eigenvalue weighted by Gasteiger charge is 2.29. The predicted octanol–water partition coefficient (Wildman–Crippen LogP) is 9.80. The van der Waals surface area contributed by atoms with Gasteiger partial charge in [0.25, 0.3) is 0 Å². The van der Waals surface area contributed by atoms with E-state index in [0.717, 1.165) is 63.8 Å². The summed E-state index contributed by atoms with van der Waals surface area (Å²) in [6.45, 7) is 6.57. The summed E-state index contributed by atoms with van der Waals surface area (Å²) in [6.07, 6.45) is 3.09. The number of unbranched alkanes of at least 4 members (excludes halogenated alkanes) is 2. The molecule has 13 heteroatoms. The third-order valence-electron chi connectivity index (χ3n) is 11.4. The van der Waals surface area contributed by atoms with Gasteiger partial charge in [0, 0.05) is 25.4 Å². The van der Waals surface area contributed by atoms with E-state index >= 15 is 0 Å². The van der Waals surface area contributed by atoms with Crippen molar-refractivity contribution in [2.45, 2.75) is 96.3 Å². The van der Waals surface area contributed by atoms with Crippen LogP contribution >= 0.6 is 0 Å². The number of fused-ring (bicyclic) bond motifs is 3. The van der Waals surface area contributed by atoms with Gasteiger partial charge < -0.3 is 40.2 Å². The zero-order chi connectivity index (χ0) is 48.1. The Bertz CT molecular complexity index is 2370. The number of alkyl carbamates (subject to hydrolysis) is 3. The highest BCUT2D eigenvalue weighted by molar-refractivity contribution is 5.84. The molecule has 1 atom stereocenters. The fourth-order valence-corrected chi connectivity index (χ4v) is 7.95. The molecule has 0 radical (unpaired) electrons. The Morgan fingerprint density at radius 2 is 1.09 bits per heavy atom. The van der Waals surface area contributed by atoms with Crippen LogP contribution in [-0.2, 0) is 48.0 Å². The molecule has 5 aromatic rings. The molecule has 0 aromatic heterocycles. The van der Waals surface area contributed by atoms with E-state index in [2.05, 4.69) is 57.7 Å². The van der Waals surface area contributed by atoms with Gasteiger partial charge in [-0.1, -0.05) is 127 Å². The normalized spacial score (nSPS) is 12.2. The van der Waals surface area contributed by atoms with Crippen LogP contribution < -0.4 is 21.3 Å². The fourth-order valence-electron chi connectivity index (χ4n) is 7.95. The van der Waals surface area contributed by atoms with E-state index < -0.39 is 35.9 Å². The summed E-state index contributed by atoms with van der Waals surface area (Å²) in [5, 5.41) is 11.0. The number of ether oxygens (including phenoxy) is 4. The van der Waals surface area contributed by atoms with Crippen molar-refractivity contribution in [2.75, 3.05) is 32.8 Å². The van der Waals surface area contributed by atoms with Crippen molar-refractivity contribution in [2.24, 2.45) is 0 Å². The number of esters is 1. The molecular formula is C55H64N4O9. The topological polar surface area (TPSA) is 170 Å². The second-order valence-corrected chi connectivity index (χ2v) is 17.8. The summed E-state index contributed by atoms with van der Waals surface area (Å²) in [7, 11) is 0. The maximum absolute atomic E-state index is 13.3. The van der Waals surface area contributed by atoms with Crippen molar-refractivity contribution >= 4 is 30.2 Å². The van der Waals surface area contributed by atoms with E-state index in [1.807, 2.05) is 91.0 Å². The van der Waals surface area contributed by atoms with E-state index in [1.165, 1.54) is 5.56 Å². The number of benzene rings is 5. The molecule has 0 fully saturated rings. The third-order valence-corrected chi connectivity index (χ3v) is 11.4. The van der Waals surface area contributed by atoms with Crippen molar-refractivity contribution in [3.63, 3.8) is 0 Å². The number of carbonyl (C=O) groups is 5. The van der Waals surface area contributed by atoms with Crippen LogP contribution in [0.1, 0.15) is 93.0 Å². The maximum atomic E-state index is 13.3. The zero-order valence-corrected chi connectivity index (χ0v) is 39.4. The van der Waals surface area contributed by atoms with Crippen LogP contribution in [0.25, 0.3) is 22.3 Å². The van der Waals surface area contributed by atoms with Crippen LogP contribution in [0.2, 0.25) is 0 Å². The number of rotatable bonds is 23. The molecule has 358 valence electrons. The Morgan fingerprint density at radius 3 is 1.72 bits per heavy atom. The van der Waals surface area contributed by atoms with E-state index in [9.17, 15) is 24.0 Å². The van der Waals surface area contributed by atoms with E-state index in [0.29, 0.717) is 32.4 Å². The van der Waals surface area contributed by atoms with Gasteiger partial charge in [0.05, 0.1) is 6.54 Å². The number of hydrogen-bond acceptors (Lipinski definition) is 9. The molecule has 4 N–H and O–H groups in total. The minimum atomic E-state index is -0.922. The summed E-state index contributed by atoms with van der Waals surface area (Å²) >= 11 is 0. The van der Waals surface area contributed by atoms with Gasteiger partial charge >= 0.3 is 24.2 Å². The number of carbonyl (C=O) groups excluding carboxylic acids is 5. The second kappa shape index (κ2) is 25.7. The number of nitrogens with one attached hydrogen (secondary N) is 4. The standard InChI is InChI=1S/C55H64N4O9/c1-55(2,3)68-54(64)57-34-14-12-22-49(51(61)65-36-35-58-53(63)67-38-48-46-20-9-7-18-44(46)45-19-8-10-21-47(45)48)59-50(60)32-27-40-25-30-43(31-26-40)42-28-23-39(24-29-42)15-11-13-33-56-52(62)66-37-41-16-5-4-6-17-41/h4-10,16-21,23-26,28-31,48-49H,11-15,22,27,32-38H2,1-3H3,(H,56,62)(H,57,64)(H,58,63)(H,59,60)/t49-/m0/s1. The quantitative estimate of drug-likeness (QED) is 0.0283. The molecule has 0 unspecified atom stereocenters. The van der Waals surface area contributed by atoms with Crippen LogP contribution in [0.15, 0.2) is 127 Å². The van der Waals surface area contributed by atoms with Crippen molar-refractivity contribution in [1.82, 2.24) is 21.3 Å². The van der Waals surface area contributed by atoms with Gasteiger partial charge in [-0.2, -0.15) is 0 Å². The molecule has 0 spiro atoms. The maximum Gasteiger partial charge on any atom is 0.407 e. The van der Waals surface area contributed by atoms with E-state index in [-0.39, 0.29) is 51.0 Å². The highest BCUT2D eigenvalue weighted by Crippen LogP contribution is 2.44. The first-order chi connectivity index (χ1) is 32.9. The third kappa shape index (κ3) is 16.3. The number of aryl methyl sites for hydroxylation is 2.